The Bertz CT molecular complexity index is 516. The van der Waals surface area contributed by atoms with Gasteiger partial charge in [0.25, 0.3) is 0 Å². The molecule has 3 nitrogen and oxygen atoms in total. The fraction of sp³-hybridized carbons (Fsp3) is 0.571. The fourth-order valence-electron chi connectivity index (χ4n) is 2.97. The van der Waals surface area contributed by atoms with Gasteiger partial charge in [-0.1, -0.05) is 11.6 Å². The Kier molecular flexibility index (Phi) is 3.58. The summed E-state index contributed by atoms with van der Waals surface area (Å²) in [5.74, 6) is 0. The summed E-state index contributed by atoms with van der Waals surface area (Å²) in [7, 11) is -1.07. The van der Waals surface area contributed by atoms with Crippen molar-refractivity contribution in [2.45, 2.75) is 47.9 Å². The van der Waals surface area contributed by atoms with E-state index in [0.717, 1.165) is 25.7 Å². The average Bonchev–Trinajstić information content (AvgIpc) is 2.36. The molecule has 19 heavy (non-hydrogen) atoms. The molecule has 2 unspecified atom stereocenters. The second-order valence-corrected chi connectivity index (χ2v) is 7.62. The van der Waals surface area contributed by atoms with Crippen LogP contribution < -0.4 is 5.73 Å². The van der Waals surface area contributed by atoms with E-state index in [1.165, 1.54) is 6.42 Å². The minimum atomic E-state index is -1.07. The molecule has 1 aromatic rings. The highest BCUT2D eigenvalue weighted by Crippen LogP contribution is 2.44. The lowest BCUT2D eigenvalue weighted by Gasteiger charge is -2.46. The molecule has 0 bridgehead atoms. The van der Waals surface area contributed by atoms with Crippen LogP contribution in [0, 0.1) is 0 Å². The summed E-state index contributed by atoms with van der Waals surface area (Å²) < 4.78 is 18.6. The lowest BCUT2D eigenvalue weighted by molar-refractivity contribution is -0.125. The number of hydrogen-bond donors (Lipinski definition) is 1. The molecule has 5 heteroatoms. The first kappa shape index (κ1) is 13.4. The van der Waals surface area contributed by atoms with E-state index in [9.17, 15) is 4.21 Å². The summed E-state index contributed by atoms with van der Waals surface area (Å²) in [6.45, 7) is 0.712. The first-order valence-corrected chi connectivity index (χ1v) is 8.28. The highest BCUT2D eigenvalue weighted by Gasteiger charge is 2.44. The molecule has 1 aromatic carbocycles. The second kappa shape index (κ2) is 5.08. The quantitative estimate of drug-likeness (QED) is 0.854. The third-order valence-electron chi connectivity index (χ3n) is 4.20. The highest BCUT2D eigenvalue weighted by molar-refractivity contribution is 7.85. The van der Waals surface area contributed by atoms with Crippen molar-refractivity contribution in [3.05, 3.63) is 23.2 Å². The third kappa shape index (κ3) is 2.54. The van der Waals surface area contributed by atoms with Gasteiger partial charge in [0, 0.05) is 22.6 Å². The van der Waals surface area contributed by atoms with Crippen molar-refractivity contribution in [3.63, 3.8) is 0 Å². The van der Waals surface area contributed by atoms with E-state index < -0.39 is 10.8 Å². The standard InChI is InChI=1S/C14H18ClNO2S/c15-10-2-3-13(12(16)8-10)19(17)11-4-7-18-14(9-11)5-1-6-14/h2-3,8,11H,1,4-7,9,16H2. The van der Waals surface area contributed by atoms with Gasteiger partial charge in [0.15, 0.2) is 0 Å². The topological polar surface area (TPSA) is 52.3 Å². The van der Waals surface area contributed by atoms with Crippen molar-refractivity contribution >= 4 is 28.1 Å². The number of hydrogen-bond acceptors (Lipinski definition) is 3. The van der Waals surface area contributed by atoms with Gasteiger partial charge in [-0.2, -0.15) is 0 Å². The average molecular weight is 300 g/mol. The smallest absolute Gasteiger partial charge is 0.0694 e. The monoisotopic (exact) mass is 299 g/mol. The van der Waals surface area contributed by atoms with Crippen LogP contribution in [0.4, 0.5) is 5.69 Å². The van der Waals surface area contributed by atoms with Gasteiger partial charge in [-0.3, -0.25) is 4.21 Å². The van der Waals surface area contributed by atoms with E-state index in [4.69, 9.17) is 22.1 Å². The van der Waals surface area contributed by atoms with Crippen molar-refractivity contribution < 1.29 is 8.95 Å². The summed E-state index contributed by atoms with van der Waals surface area (Å²) in [5, 5.41) is 0.734. The van der Waals surface area contributed by atoms with Crippen molar-refractivity contribution in [2.24, 2.45) is 0 Å². The summed E-state index contributed by atoms with van der Waals surface area (Å²) >= 11 is 5.89. The second-order valence-electron chi connectivity index (χ2n) is 5.48. The number of nitrogens with two attached hydrogens (primary N) is 1. The van der Waals surface area contributed by atoms with Crippen LogP contribution in [0.5, 0.6) is 0 Å². The van der Waals surface area contributed by atoms with Gasteiger partial charge in [-0.05, 0) is 50.3 Å². The minimum absolute atomic E-state index is 0.0137. The molecule has 104 valence electrons. The molecule has 1 heterocycles. The number of anilines is 1. The van der Waals surface area contributed by atoms with Crippen molar-refractivity contribution in [2.75, 3.05) is 12.3 Å². The Morgan fingerprint density at radius 3 is 2.84 bits per heavy atom. The zero-order valence-electron chi connectivity index (χ0n) is 10.7. The molecule has 2 fully saturated rings. The fourth-order valence-corrected chi connectivity index (χ4v) is 4.77. The molecule has 1 aliphatic heterocycles. The largest absolute Gasteiger partial charge is 0.398 e. The maximum absolute atomic E-state index is 12.7. The van der Waals surface area contributed by atoms with Crippen molar-refractivity contribution in [1.29, 1.82) is 0 Å². The lowest BCUT2D eigenvalue weighted by atomic mass is 9.75. The predicted molar refractivity (Wildman–Crippen MR) is 77.8 cm³/mol. The van der Waals surface area contributed by atoms with E-state index >= 15 is 0 Å². The third-order valence-corrected chi connectivity index (χ3v) is 6.25. The van der Waals surface area contributed by atoms with E-state index in [2.05, 4.69) is 0 Å². The van der Waals surface area contributed by atoms with Crippen LogP contribution >= 0.6 is 11.6 Å². The normalized spacial score (nSPS) is 26.9. The molecular formula is C14H18ClNO2S. The van der Waals surface area contributed by atoms with E-state index in [1.54, 1.807) is 18.2 Å². The summed E-state index contributed by atoms with van der Waals surface area (Å²) in [6.07, 6.45) is 5.17. The van der Waals surface area contributed by atoms with Crippen LogP contribution in [0.25, 0.3) is 0 Å². The maximum atomic E-state index is 12.7. The number of halogens is 1. The maximum Gasteiger partial charge on any atom is 0.0694 e. The molecule has 0 amide bonds. The zero-order chi connectivity index (χ0) is 13.5. The molecule has 1 saturated heterocycles. The van der Waals surface area contributed by atoms with E-state index in [-0.39, 0.29) is 10.9 Å². The van der Waals surface area contributed by atoms with Gasteiger partial charge in [0.2, 0.25) is 0 Å². The van der Waals surface area contributed by atoms with Crippen LogP contribution in [-0.2, 0) is 15.5 Å². The minimum Gasteiger partial charge on any atom is -0.398 e. The molecule has 2 aliphatic rings. The number of ether oxygens (including phenoxy) is 1. The van der Waals surface area contributed by atoms with Gasteiger partial charge in [0.05, 0.1) is 21.3 Å². The molecule has 0 radical (unpaired) electrons. The Hall–Kier alpha value is -0.580. The Labute approximate surface area is 120 Å². The van der Waals surface area contributed by atoms with Crippen LogP contribution in [0.15, 0.2) is 23.1 Å². The SMILES string of the molecule is Nc1cc(Cl)ccc1S(=O)C1CCOC2(CCC2)C1. The van der Waals surface area contributed by atoms with Crippen LogP contribution in [0.1, 0.15) is 32.1 Å². The molecule has 2 N–H and O–H groups in total. The Morgan fingerprint density at radius 2 is 2.21 bits per heavy atom. The molecule has 0 aromatic heterocycles. The van der Waals surface area contributed by atoms with Gasteiger partial charge in [-0.15, -0.1) is 0 Å². The van der Waals surface area contributed by atoms with E-state index in [0.29, 0.717) is 22.2 Å². The molecule has 1 aliphatic carbocycles. The predicted octanol–water partition coefficient (Wildman–Crippen LogP) is 3.13. The number of benzene rings is 1. The zero-order valence-corrected chi connectivity index (χ0v) is 12.3. The van der Waals surface area contributed by atoms with Gasteiger partial charge < -0.3 is 10.5 Å². The van der Waals surface area contributed by atoms with Crippen LogP contribution in [0.2, 0.25) is 5.02 Å². The first-order chi connectivity index (χ1) is 9.10. The van der Waals surface area contributed by atoms with Crippen molar-refractivity contribution in [1.82, 2.24) is 0 Å². The molecule has 1 saturated carbocycles. The van der Waals surface area contributed by atoms with Crippen LogP contribution in [-0.4, -0.2) is 21.7 Å². The summed E-state index contributed by atoms with van der Waals surface area (Å²) in [4.78, 5) is 0.714. The van der Waals surface area contributed by atoms with Crippen molar-refractivity contribution in [3.8, 4) is 0 Å². The lowest BCUT2D eigenvalue weighted by Crippen LogP contribution is -2.48. The Morgan fingerprint density at radius 1 is 1.42 bits per heavy atom. The molecule has 2 atom stereocenters. The number of nitrogen functional groups attached to an aromatic ring is 1. The highest BCUT2D eigenvalue weighted by atomic mass is 35.5. The molecular weight excluding hydrogens is 282 g/mol. The molecule has 1 spiro atoms. The van der Waals surface area contributed by atoms with Gasteiger partial charge in [-0.25, -0.2) is 0 Å². The van der Waals surface area contributed by atoms with Gasteiger partial charge >= 0.3 is 0 Å². The summed E-state index contributed by atoms with van der Waals surface area (Å²) in [6, 6.07) is 5.22. The van der Waals surface area contributed by atoms with Gasteiger partial charge in [0.1, 0.15) is 0 Å². The Balaban J connectivity index is 1.79. The first-order valence-electron chi connectivity index (χ1n) is 6.69. The molecule has 3 rings (SSSR count). The number of rotatable bonds is 2. The van der Waals surface area contributed by atoms with E-state index in [1.807, 2.05) is 0 Å². The van der Waals surface area contributed by atoms with Crippen LogP contribution in [0.3, 0.4) is 0 Å². The summed E-state index contributed by atoms with van der Waals surface area (Å²) in [5.41, 5.74) is 6.48.